The van der Waals surface area contributed by atoms with E-state index in [-0.39, 0.29) is 36.3 Å². The van der Waals surface area contributed by atoms with E-state index in [0.29, 0.717) is 16.9 Å². The lowest BCUT2D eigenvalue weighted by Crippen LogP contribution is -2.37. The average Bonchev–Trinajstić information content (AvgIpc) is 2.91. The van der Waals surface area contributed by atoms with Crippen molar-refractivity contribution in [3.63, 3.8) is 0 Å². The Balaban J connectivity index is 1.97. The van der Waals surface area contributed by atoms with Gasteiger partial charge in [-0.15, -0.1) is 0 Å². The average molecular weight is 558 g/mol. The summed E-state index contributed by atoms with van der Waals surface area (Å²) in [6.07, 6.45) is 4.79. The van der Waals surface area contributed by atoms with E-state index < -0.39 is 27.7 Å². The van der Waals surface area contributed by atoms with Crippen LogP contribution < -0.4 is 25.4 Å². The molecule has 1 fully saturated rings. The third kappa shape index (κ3) is 8.29. The molecule has 1 aliphatic rings. The van der Waals surface area contributed by atoms with Crippen LogP contribution in [0.25, 0.3) is 6.08 Å². The largest absolute Gasteiger partial charge is 0.489 e. The van der Waals surface area contributed by atoms with Crippen molar-refractivity contribution in [2.45, 2.75) is 25.9 Å². The smallest absolute Gasteiger partial charge is 0.323 e. The number of nitrogens with two attached hydrogens (primary N) is 1. The molecule has 0 spiro atoms. The van der Waals surface area contributed by atoms with Crippen molar-refractivity contribution < 1.29 is 27.5 Å². The number of sulfonamides is 1. The van der Waals surface area contributed by atoms with Crippen molar-refractivity contribution in [1.82, 2.24) is 10.6 Å². The molecule has 0 unspecified atom stereocenters. The molecular weight excluding hydrogens is 522 g/mol. The highest BCUT2D eigenvalue weighted by Crippen LogP contribution is 2.29. The van der Waals surface area contributed by atoms with Crippen LogP contribution in [0.2, 0.25) is 0 Å². The number of carbonyl (C=O) groups is 2. The number of hydrogen-bond donors (Lipinski definition) is 4. The van der Waals surface area contributed by atoms with Crippen LogP contribution in [0.1, 0.15) is 41.3 Å². The Morgan fingerprint density at radius 3 is 2.62 bits per heavy atom. The zero-order valence-corrected chi connectivity index (χ0v) is 22.9. The maximum absolute atomic E-state index is 13.4. The van der Waals surface area contributed by atoms with E-state index in [1.54, 1.807) is 55.5 Å². The van der Waals surface area contributed by atoms with Gasteiger partial charge in [0, 0.05) is 12.6 Å². The SMILES string of the molecule is CCOC(=O)CS(=O)(=O)N(C/C=C/c1cccc(C(=N)N)c1)c1ccc(OC2CCNCC2)c(C(=O)NC)c1. The van der Waals surface area contributed by atoms with Gasteiger partial charge < -0.3 is 25.8 Å². The quantitative estimate of drug-likeness (QED) is 0.175. The first-order valence-electron chi connectivity index (χ1n) is 12.6. The fourth-order valence-electron chi connectivity index (χ4n) is 4.08. The van der Waals surface area contributed by atoms with E-state index in [4.69, 9.17) is 20.6 Å². The molecule has 3 rings (SSSR count). The second-order valence-electron chi connectivity index (χ2n) is 8.86. The van der Waals surface area contributed by atoms with Crippen LogP contribution in [-0.2, 0) is 19.6 Å². The Morgan fingerprint density at radius 2 is 1.95 bits per heavy atom. The van der Waals surface area contributed by atoms with Crippen LogP contribution in [0.15, 0.2) is 48.5 Å². The number of rotatable bonds is 12. The number of piperidine rings is 1. The lowest BCUT2D eigenvalue weighted by Gasteiger charge is -2.27. The second kappa shape index (κ2) is 13.8. The van der Waals surface area contributed by atoms with Crippen molar-refractivity contribution in [1.29, 1.82) is 5.41 Å². The molecule has 2 aromatic rings. The van der Waals surface area contributed by atoms with Gasteiger partial charge in [0.05, 0.1) is 24.4 Å². The number of carbonyl (C=O) groups excluding carboxylic acids is 2. The van der Waals surface area contributed by atoms with E-state index in [1.165, 1.54) is 13.1 Å². The highest BCUT2D eigenvalue weighted by atomic mass is 32.2. The van der Waals surface area contributed by atoms with Crippen LogP contribution in [0, 0.1) is 5.41 Å². The van der Waals surface area contributed by atoms with Gasteiger partial charge in [0.15, 0.2) is 5.75 Å². The number of hydrogen-bond acceptors (Lipinski definition) is 8. The summed E-state index contributed by atoms with van der Waals surface area (Å²) < 4.78 is 38.8. The number of esters is 1. The second-order valence-corrected chi connectivity index (χ2v) is 10.8. The third-order valence-electron chi connectivity index (χ3n) is 6.02. The van der Waals surface area contributed by atoms with E-state index in [2.05, 4.69) is 10.6 Å². The Hall–Kier alpha value is -3.90. The van der Waals surface area contributed by atoms with Gasteiger partial charge in [0.25, 0.3) is 5.91 Å². The van der Waals surface area contributed by atoms with Crippen molar-refractivity contribution in [3.8, 4) is 5.75 Å². The standard InChI is InChI=1S/C27H35N5O6S/c1-3-37-25(33)18-39(35,36)32(15-5-7-19-6-4-8-20(16-19)26(28)29)21-9-10-24(23(17-21)27(34)30-2)38-22-11-13-31-14-12-22/h4-10,16-17,22,31H,3,11-15,18H2,1-2H3,(H3,28,29)(H,30,34)/b7-5+. The van der Waals surface area contributed by atoms with Crippen LogP contribution >= 0.6 is 0 Å². The van der Waals surface area contributed by atoms with E-state index in [1.807, 2.05) is 0 Å². The lowest BCUT2D eigenvalue weighted by molar-refractivity contribution is -0.139. The lowest BCUT2D eigenvalue weighted by atomic mass is 10.1. The molecule has 0 aromatic heterocycles. The monoisotopic (exact) mass is 557 g/mol. The van der Waals surface area contributed by atoms with Gasteiger partial charge in [-0.05, 0) is 62.7 Å². The Labute approximate surface area is 228 Å². The van der Waals surface area contributed by atoms with Gasteiger partial charge in [-0.2, -0.15) is 0 Å². The van der Waals surface area contributed by atoms with Gasteiger partial charge in [-0.3, -0.25) is 19.3 Å². The number of nitrogens with one attached hydrogen (secondary N) is 3. The summed E-state index contributed by atoms with van der Waals surface area (Å²) in [5, 5.41) is 13.5. The molecule has 210 valence electrons. The van der Waals surface area contributed by atoms with Gasteiger partial charge in [0.1, 0.15) is 17.7 Å². The summed E-state index contributed by atoms with van der Waals surface area (Å²) >= 11 is 0. The molecule has 2 aromatic carbocycles. The number of amidine groups is 1. The van der Waals surface area contributed by atoms with Crippen LogP contribution in [0.4, 0.5) is 5.69 Å². The Bertz CT molecular complexity index is 1320. The van der Waals surface area contributed by atoms with Crippen molar-refractivity contribution in [2.24, 2.45) is 5.73 Å². The summed E-state index contributed by atoms with van der Waals surface area (Å²) in [5.41, 5.74) is 7.18. The van der Waals surface area contributed by atoms with Crippen molar-refractivity contribution in [2.75, 3.05) is 43.3 Å². The van der Waals surface area contributed by atoms with Gasteiger partial charge in [-0.25, -0.2) is 8.42 Å². The maximum Gasteiger partial charge on any atom is 0.323 e. The van der Waals surface area contributed by atoms with Gasteiger partial charge >= 0.3 is 5.97 Å². The number of nitrogen functional groups attached to an aromatic ring is 1. The molecule has 1 saturated heterocycles. The molecule has 39 heavy (non-hydrogen) atoms. The predicted molar refractivity (Wildman–Crippen MR) is 151 cm³/mol. The zero-order chi connectivity index (χ0) is 28.4. The van der Waals surface area contributed by atoms with Gasteiger partial charge in [0.2, 0.25) is 10.0 Å². The molecule has 1 heterocycles. The first kappa shape index (κ1) is 29.7. The Morgan fingerprint density at radius 1 is 1.21 bits per heavy atom. The predicted octanol–water partition coefficient (Wildman–Crippen LogP) is 1.87. The van der Waals surface area contributed by atoms with Gasteiger partial charge in [-0.1, -0.05) is 30.4 Å². The van der Waals surface area contributed by atoms with Crippen molar-refractivity contribution >= 4 is 39.5 Å². The molecule has 1 amide bonds. The molecule has 0 radical (unpaired) electrons. The third-order valence-corrected chi connectivity index (χ3v) is 7.66. The summed E-state index contributed by atoms with van der Waals surface area (Å²) in [6, 6.07) is 11.5. The minimum atomic E-state index is -4.19. The molecule has 0 aliphatic carbocycles. The number of nitrogens with zero attached hydrogens (tertiary/aromatic N) is 1. The fourth-order valence-corrected chi connectivity index (χ4v) is 5.37. The highest BCUT2D eigenvalue weighted by Gasteiger charge is 2.28. The minimum Gasteiger partial charge on any atom is -0.489 e. The highest BCUT2D eigenvalue weighted by molar-refractivity contribution is 7.93. The maximum atomic E-state index is 13.4. The topological polar surface area (TPSA) is 164 Å². The molecule has 1 aliphatic heterocycles. The minimum absolute atomic E-state index is 0.0459. The van der Waals surface area contributed by atoms with E-state index in [0.717, 1.165) is 30.2 Å². The molecule has 0 saturated carbocycles. The van der Waals surface area contributed by atoms with Crippen LogP contribution in [-0.4, -0.2) is 71.3 Å². The van der Waals surface area contributed by atoms with Crippen molar-refractivity contribution in [3.05, 3.63) is 65.2 Å². The van der Waals surface area contributed by atoms with Crippen LogP contribution in [0.5, 0.6) is 5.75 Å². The normalized spacial score (nSPS) is 14.1. The fraction of sp³-hybridized carbons (Fsp3) is 0.370. The number of amides is 1. The summed E-state index contributed by atoms with van der Waals surface area (Å²) in [7, 11) is -2.71. The first-order valence-corrected chi connectivity index (χ1v) is 14.3. The first-order chi connectivity index (χ1) is 18.6. The molecule has 0 bridgehead atoms. The zero-order valence-electron chi connectivity index (χ0n) is 22.1. The molecule has 11 nitrogen and oxygen atoms in total. The van der Waals surface area contributed by atoms with E-state index >= 15 is 0 Å². The van der Waals surface area contributed by atoms with Crippen LogP contribution in [0.3, 0.4) is 0 Å². The Kier molecular flexibility index (Phi) is 10.5. The summed E-state index contributed by atoms with van der Waals surface area (Å²) in [4.78, 5) is 24.9. The molecule has 5 N–H and O–H groups in total. The van der Waals surface area contributed by atoms with E-state index in [9.17, 15) is 18.0 Å². The number of benzene rings is 2. The molecular formula is C27H35N5O6S. The summed E-state index contributed by atoms with van der Waals surface area (Å²) in [5.74, 6) is -1.91. The summed E-state index contributed by atoms with van der Waals surface area (Å²) in [6.45, 7) is 3.12. The number of anilines is 1. The number of ether oxygens (including phenoxy) is 2. The molecule has 12 heteroatoms. The molecule has 0 atom stereocenters.